The molecule has 1 saturated carbocycles. The van der Waals surface area contributed by atoms with Gasteiger partial charge in [-0.15, -0.1) is 11.3 Å². The molecule has 1 fully saturated rings. The average molecular weight is 328 g/mol. The maximum Gasteiger partial charge on any atom is 0.0934 e. The van der Waals surface area contributed by atoms with Gasteiger partial charge in [-0.25, -0.2) is 0 Å². The molecule has 0 spiro atoms. The van der Waals surface area contributed by atoms with Gasteiger partial charge in [0.1, 0.15) is 0 Å². The number of thiophene rings is 1. The van der Waals surface area contributed by atoms with Crippen molar-refractivity contribution in [3.05, 3.63) is 20.8 Å². The summed E-state index contributed by atoms with van der Waals surface area (Å²) in [7, 11) is 0. The third-order valence-corrected chi connectivity index (χ3v) is 6.64. The Labute approximate surface area is 136 Å². The number of rotatable bonds is 3. The monoisotopic (exact) mass is 327 g/mol. The third-order valence-electron chi connectivity index (χ3n) is 5.30. The van der Waals surface area contributed by atoms with Crippen LogP contribution < -0.4 is 5.32 Å². The number of nitrogens with one attached hydrogen (secondary N) is 1. The minimum Gasteiger partial charge on any atom is -0.389 e. The molecule has 2 nitrogen and oxygen atoms in total. The molecule has 4 heteroatoms. The van der Waals surface area contributed by atoms with Crippen LogP contribution in [0.3, 0.4) is 0 Å². The summed E-state index contributed by atoms with van der Waals surface area (Å²) < 4.78 is 0.895. The molecule has 0 radical (unpaired) electrons. The summed E-state index contributed by atoms with van der Waals surface area (Å²) in [6.45, 7) is 5.32. The fraction of sp³-hybridized carbons (Fsp3) is 0.765. The lowest BCUT2D eigenvalue weighted by molar-refractivity contribution is -0.0264. The number of aliphatic hydroxyl groups is 1. The van der Waals surface area contributed by atoms with E-state index in [2.05, 4.69) is 25.2 Å². The molecule has 3 rings (SSSR count). The van der Waals surface area contributed by atoms with Gasteiger partial charge in [0.2, 0.25) is 0 Å². The van der Waals surface area contributed by atoms with E-state index in [1.54, 1.807) is 11.3 Å². The Bertz CT molecular complexity index is 501. The molecule has 0 saturated heterocycles. The van der Waals surface area contributed by atoms with Gasteiger partial charge in [0.15, 0.2) is 0 Å². The Balaban J connectivity index is 1.61. The van der Waals surface area contributed by atoms with E-state index in [4.69, 9.17) is 11.6 Å². The van der Waals surface area contributed by atoms with E-state index >= 15 is 0 Å². The first kappa shape index (κ1) is 15.8. The molecule has 1 atom stereocenters. The molecule has 2 N–H and O–H groups in total. The van der Waals surface area contributed by atoms with Crippen LogP contribution >= 0.6 is 22.9 Å². The molecule has 1 aromatic rings. The Morgan fingerprint density at radius 3 is 2.76 bits per heavy atom. The van der Waals surface area contributed by atoms with Gasteiger partial charge in [-0.2, -0.15) is 0 Å². The number of fused-ring (bicyclic) bond motifs is 1. The van der Waals surface area contributed by atoms with Crippen LogP contribution in [-0.4, -0.2) is 17.3 Å². The molecule has 21 heavy (non-hydrogen) atoms. The lowest BCUT2D eigenvalue weighted by Gasteiger charge is -2.41. The second kappa shape index (κ2) is 5.84. The van der Waals surface area contributed by atoms with Gasteiger partial charge in [0.25, 0.3) is 0 Å². The van der Waals surface area contributed by atoms with Gasteiger partial charge in [-0.3, -0.25) is 0 Å². The Hall–Kier alpha value is -0.0900. The van der Waals surface area contributed by atoms with Gasteiger partial charge in [0, 0.05) is 17.5 Å². The van der Waals surface area contributed by atoms with Gasteiger partial charge < -0.3 is 10.4 Å². The van der Waals surface area contributed by atoms with Gasteiger partial charge in [-0.1, -0.05) is 25.4 Å². The minimum atomic E-state index is -0.521. The molecule has 0 bridgehead atoms. The van der Waals surface area contributed by atoms with Crippen LogP contribution in [0.5, 0.6) is 0 Å². The second-order valence-electron chi connectivity index (χ2n) is 7.64. The van der Waals surface area contributed by atoms with Crippen LogP contribution in [0.15, 0.2) is 6.07 Å². The predicted molar refractivity (Wildman–Crippen MR) is 90.2 cm³/mol. The van der Waals surface area contributed by atoms with Crippen molar-refractivity contribution in [1.29, 1.82) is 0 Å². The molecular weight excluding hydrogens is 302 g/mol. The normalized spacial score (nSPS) is 27.3. The van der Waals surface area contributed by atoms with E-state index in [-0.39, 0.29) is 0 Å². The lowest BCUT2D eigenvalue weighted by Crippen LogP contribution is -2.46. The second-order valence-corrected chi connectivity index (χ2v) is 9.41. The summed E-state index contributed by atoms with van der Waals surface area (Å²) in [5.41, 5.74) is 1.24. The maximum atomic E-state index is 10.8. The predicted octanol–water partition coefficient (Wildman–Crippen LogP) is 4.70. The molecule has 0 aromatic carbocycles. The van der Waals surface area contributed by atoms with Crippen LogP contribution in [0.1, 0.15) is 68.9 Å². The van der Waals surface area contributed by atoms with Crippen LogP contribution in [0.4, 0.5) is 0 Å². The van der Waals surface area contributed by atoms with Crippen molar-refractivity contribution < 1.29 is 5.11 Å². The molecule has 1 heterocycles. The molecule has 0 amide bonds. The lowest BCUT2D eigenvalue weighted by atomic mass is 9.71. The maximum absolute atomic E-state index is 10.8. The third kappa shape index (κ3) is 3.64. The van der Waals surface area contributed by atoms with E-state index < -0.39 is 5.60 Å². The van der Waals surface area contributed by atoms with E-state index in [1.807, 2.05) is 0 Å². The Morgan fingerprint density at radius 1 is 1.33 bits per heavy atom. The summed E-state index contributed by atoms with van der Waals surface area (Å²) in [6, 6.07) is 2.49. The zero-order chi connectivity index (χ0) is 15.1. The highest BCUT2D eigenvalue weighted by atomic mass is 35.5. The molecule has 118 valence electrons. The van der Waals surface area contributed by atoms with Crippen molar-refractivity contribution in [3.8, 4) is 0 Å². The Morgan fingerprint density at radius 2 is 2.05 bits per heavy atom. The van der Waals surface area contributed by atoms with E-state index in [1.165, 1.54) is 16.9 Å². The minimum absolute atomic E-state index is 0.372. The van der Waals surface area contributed by atoms with Crippen molar-refractivity contribution in [2.45, 2.75) is 70.4 Å². The highest BCUT2D eigenvalue weighted by Crippen LogP contribution is 2.41. The fourth-order valence-corrected chi connectivity index (χ4v) is 5.00. The largest absolute Gasteiger partial charge is 0.389 e. The first-order chi connectivity index (χ1) is 9.87. The number of hydrogen-bond acceptors (Lipinski definition) is 3. The zero-order valence-electron chi connectivity index (χ0n) is 13.0. The van der Waals surface area contributed by atoms with Gasteiger partial charge in [-0.05, 0) is 62.0 Å². The summed E-state index contributed by atoms with van der Waals surface area (Å²) in [4.78, 5) is 1.43. The van der Waals surface area contributed by atoms with E-state index in [9.17, 15) is 5.11 Å². The summed E-state index contributed by atoms with van der Waals surface area (Å²) in [5, 5.41) is 14.4. The molecular formula is C17H26ClNOS. The van der Waals surface area contributed by atoms with E-state index in [0.717, 1.165) is 42.9 Å². The quantitative estimate of drug-likeness (QED) is 0.843. The first-order valence-corrected chi connectivity index (χ1v) is 9.30. The molecule has 2 aliphatic rings. The fourth-order valence-electron chi connectivity index (χ4n) is 3.62. The molecule has 0 aliphatic heterocycles. The van der Waals surface area contributed by atoms with Crippen molar-refractivity contribution >= 4 is 22.9 Å². The van der Waals surface area contributed by atoms with Crippen LogP contribution in [0.25, 0.3) is 0 Å². The highest BCUT2D eigenvalue weighted by molar-refractivity contribution is 7.16. The molecule has 2 aliphatic carbocycles. The first-order valence-electron chi connectivity index (χ1n) is 8.11. The zero-order valence-corrected chi connectivity index (χ0v) is 14.6. The van der Waals surface area contributed by atoms with Crippen molar-refractivity contribution in [1.82, 2.24) is 5.32 Å². The average Bonchev–Trinajstić information content (AvgIpc) is 2.81. The van der Waals surface area contributed by atoms with Crippen LogP contribution in [-0.2, 0) is 6.42 Å². The summed E-state index contributed by atoms with van der Waals surface area (Å²) in [5.74, 6) is 0. The van der Waals surface area contributed by atoms with Crippen molar-refractivity contribution in [3.63, 3.8) is 0 Å². The van der Waals surface area contributed by atoms with E-state index in [0.29, 0.717) is 18.0 Å². The number of halogens is 1. The SMILES string of the molecule is CC1(C)CCC(O)(CNC2CCCc3sc(Cl)cc32)CC1. The summed E-state index contributed by atoms with van der Waals surface area (Å²) >= 11 is 7.88. The van der Waals surface area contributed by atoms with Crippen molar-refractivity contribution in [2.24, 2.45) is 5.41 Å². The van der Waals surface area contributed by atoms with Gasteiger partial charge >= 0.3 is 0 Å². The smallest absolute Gasteiger partial charge is 0.0934 e. The Kier molecular flexibility index (Phi) is 4.39. The topological polar surface area (TPSA) is 32.3 Å². The standard InChI is InChI=1S/C17H26ClNOS/c1-16(2)6-8-17(20,9-7-16)11-19-13-4-3-5-14-12(13)10-15(18)21-14/h10,13,19-20H,3-9,11H2,1-2H3. The molecule has 1 unspecified atom stereocenters. The van der Waals surface area contributed by atoms with Gasteiger partial charge in [0.05, 0.1) is 9.94 Å². The van der Waals surface area contributed by atoms with Crippen molar-refractivity contribution in [2.75, 3.05) is 6.54 Å². The molecule has 1 aromatic heterocycles. The van der Waals surface area contributed by atoms with Crippen LogP contribution in [0, 0.1) is 5.41 Å². The number of hydrogen-bond donors (Lipinski definition) is 2. The van der Waals surface area contributed by atoms with Crippen LogP contribution in [0.2, 0.25) is 4.34 Å². The number of aryl methyl sites for hydroxylation is 1. The summed E-state index contributed by atoms with van der Waals surface area (Å²) in [6.07, 6.45) is 7.59. The highest BCUT2D eigenvalue weighted by Gasteiger charge is 2.37.